The number of aliphatic hydroxyl groups is 1. The lowest BCUT2D eigenvalue weighted by Crippen LogP contribution is -2.33. The van der Waals surface area contributed by atoms with E-state index in [0.29, 0.717) is 18.7 Å². The first-order valence-corrected chi connectivity index (χ1v) is 6.03. The maximum Gasteiger partial charge on any atom is 0.254 e. The Kier molecular flexibility index (Phi) is 5.48. The lowest BCUT2D eigenvalue weighted by Gasteiger charge is -2.19. The van der Waals surface area contributed by atoms with Crippen molar-refractivity contribution in [1.29, 1.82) is 0 Å². The minimum absolute atomic E-state index is 0.0377. The molecule has 0 spiro atoms. The second-order valence-electron chi connectivity index (χ2n) is 3.27. The lowest BCUT2D eigenvalue weighted by molar-refractivity contribution is 0.0743. The molecular weight excluding hydrogens is 317 g/mol. The summed E-state index contributed by atoms with van der Waals surface area (Å²) in [5.41, 5.74) is 0.635. The first kappa shape index (κ1) is 13.2. The number of amides is 1. The molecule has 3 nitrogen and oxygen atoms in total. The molecule has 0 saturated carbocycles. The van der Waals surface area contributed by atoms with E-state index in [0.717, 1.165) is 3.57 Å². The summed E-state index contributed by atoms with van der Waals surface area (Å²) < 4.78 is 1.09. The molecule has 0 saturated heterocycles. The fourth-order valence-electron chi connectivity index (χ4n) is 1.33. The van der Waals surface area contributed by atoms with Crippen LogP contribution < -0.4 is 0 Å². The van der Waals surface area contributed by atoms with Crippen molar-refractivity contribution in [2.75, 3.05) is 19.7 Å². The highest BCUT2D eigenvalue weighted by atomic mass is 127. The third-order valence-corrected chi connectivity index (χ3v) is 2.82. The van der Waals surface area contributed by atoms with Gasteiger partial charge in [-0.3, -0.25) is 4.79 Å². The van der Waals surface area contributed by atoms with Crippen LogP contribution >= 0.6 is 22.6 Å². The number of carbonyl (C=O) groups excluding carboxylic acids is 1. The fourth-order valence-corrected chi connectivity index (χ4v) is 1.69. The van der Waals surface area contributed by atoms with Crippen LogP contribution in [0.2, 0.25) is 0 Å². The van der Waals surface area contributed by atoms with E-state index in [9.17, 15) is 4.79 Å². The Balaban J connectivity index is 2.80. The van der Waals surface area contributed by atoms with Crippen molar-refractivity contribution in [3.8, 4) is 0 Å². The van der Waals surface area contributed by atoms with Gasteiger partial charge in [-0.1, -0.05) is 6.08 Å². The number of halogens is 1. The summed E-state index contributed by atoms with van der Waals surface area (Å²) in [5, 5.41) is 8.87. The van der Waals surface area contributed by atoms with Gasteiger partial charge in [0.2, 0.25) is 0 Å². The molecule has 0 fully saturated rings. The van der Waals surface area contributed by atoms with Gasteiger partial charge in [0.15, 0.2) is 0 Å². The molecule has 1 aromatic rings. The molecule has 0 aromatic heterocycles. The molecule has 0 aliphatic heterocycles. The average Bonchev–Trinajstić information content (AvgIpc) is 2.29. The number of benzene rings is 1. The van der Waals surface area contributed by atoms with E-state index in [1.54, 1.807) is 23.1 Å². The number of hydrogen-bond donors (Lipinski definition) is 1. The van der Waals surface area contributed by atoms with Crippen molar-refractivity contribution < 1.29 is 9.90 Å². The Morgan fingerprint density at radius 2 is 2.06 bits per heavy atom. The van der Waals surface area contributed by atoms with Crippen LogP contribution in [0.3, 0.4) is 0 Å². The Morgan fingerprint density at radius 1 is 1.44 bits per heavy atom. The standard InChI is InChI=1S/C12H14INO2/c1-2-7-14(8-9-15)12(16)10-3-5-11(13)6-4-10/h2-6,15H,1,7-9H2. The Hall–Kier alpha value is -0.880. The van der Waals surface area contributed by atoms with Gasteiger partial charge in [-0.05, 0) is 46.9 Å². The van der Waals surface area contributed by atoms with E-state index >= 15 is 0 Å². The van der Waals surface area contributed by atoms with Gasteiger partial charge in [0, 0.05) is 22.2 Å². The van der Waals surface area contributed by atoms with Gasteiger partial charge in [0.1, 0.15) is 0 Å². The lowest BCUT2D eigenvalue weighted by atomic mass is 10.2. The van der Waals surface area contributed by atoms with Gasteiger partial charge < -0.3 is 10.0 Å². The third kappa shape index (κ3) is 3.61. The van der Waals surface area contributed by atoms with Crippen LogP contribution in [-0.4, -0.2) is 35.6 Å². The maximum atomic E-state index is 12.0. The van der Waals surface area contributed by atoms with Gasteiger partial charge in [0.25, 0.3) is 5.91 Å². The van der Waals surface area contributed by atoms with Crippen molar-refractivity contribution in [3.05, 3.63) is 46.1 Å². The molecule has 4 heteroatoms. The molecule has 1 aromatic carbocycles. The summed E-state index contributed by atoms with van der Waals surface area (Å²) in [5.74, 6) is -0.0784. The van der Waals surface area contributed by atoms with Crippen LogP contribution in [0.1, 0.15) is 10.4 Å². The molecule has 0 unspecified atom stereocenters. The third-order valence-electron chi connectivity index (χ3n) is 2.10. The quantitative estimate of drug-likeness (QED) is 0.661. The second kappa shape index (κ2) is 6.65. The minimum atomic E-state index is -0.0784. The first-order valence-electron chi connectivity index (χ1n) is 4.95. The topological polar surface area (TPSA) is 40.5 Å². The SMILES string of the molecule is C=CCN(CCO)C(=O)c1ccc(I)cc1. The van der Waals surface area contributed by atoms with Crippen LogP contribution in [0.4, 0.5) is 0 Å². The van der Waals surface area contributed by atoms with Gasteiger partial charge in [-0.25, -0.2) is 0 Å². The number of aliphatic hydroxyl groups excluding tert-OH is 1. The molecule has 1 rings (SSSR count). The smallest absolute Gasteiger partial charge is 0.254 e. The van der Waals surface area contributed by atoms with Crippen LogP contribution in [-0.2, 0) is 0 Å². The Labute approximate surface area is 109 Å². The first-order chi connectivity index (χ1) is 7.69. The maximum absolute atomic E-state index is 12.0. The summed E-state index contributed by atoms with van der Waals surface area (Å²) in [6, 6.07) is 7.35. The van der Waals surface area contributed by atoms with Crippen molar-refractivity contribution >= 4 is 28.5 Å². The van der Waals surface area contributed by atoms with Gasteiger partial charge in [-0.2, -0.15) is 0 Å². The van der Waals surface area contributed by atoms with Crippen molar-refractivity contribution in [1.82, 2.24) is 4.90 Å². The fraction of sp³-hybridized carbons (Fsp3) is 0.250. The molecule has 0 atom stereocenters. The average molecular weight is 331 g/mol. The van der Waals surface area contributed by atoms with E-state index in [1.165, 1.54) is 0 Å². The van der Waals surface area contributed by atoms with Crippen molar-refractivity contribution in [2.45, 2.75) is 0 Å². The zero-order valence-corrected chi connectivity index (χ0v) is 11.1. The van der Waals surface area contributed by atoms with Gasteiger partial charge >= 0.3 is 0 Å². The highest BCUT2D eigenvalue weighted by molar-refractivity contribution is 14.1. The summed E-state index contributed by atoms with van der Waals surface area (Å²) >= 11 is 2.19. The largest absolute Gasteiger partial charge is 0.395 e. The van der Waals surface area contributed by atoms with E-state index < -0.39 is 0 Å². The Bertz CT molecular complexity index is 362. The van der Waals surface area contributed by atoms with Crippen LogP contribution in [0.25, 0.3) is 0 Å². The highest BCUT2D eigenvalue weighted by Crippen LogP contribution is 2.09. The van der Waals surface area contributed by atoms with Gasteiger partial charge in [0.05, 0.1) is 6.61 Å². The highest BCUT2D eigenvalue weighted by Gasteiger charge is 2.13. The van der Waals surface area contributed by atoms with Crippen LogP contribution in [0.15, 0.2) is 36.9 Å². The molecule has 0 aliphatic rings. The molecule has 16 heavy (non-hydrogen) atoms. The summed E-state index contributed by atoms with van der Waals surface area (Å²) in [4.78, 5) is 13.6. The number of rotatable bonds is 5. The second-order valence-corrected chi connectivity index (χ2v) is 4.52. The molecule has 1 amide bonds. The molecule has 0 heterocycles. The monoisotopic (exact) mass is 331 g/mol. The number of hydrogen-bond acceptors (Lipinski definition) is 2. The molecule has 86 valence electrons. The van der Waals surface area contributed by atoms with Crippen LogP contribution in [0.5, 0.6) is 0 Å². The zero-order chi connectivity index (χ0) is 12.0. The van der Waals surface area contributed by atoms with Crippen LogP contribution in [0, 0.1) is 3.57 Å². The minimum Gasteiger partial charge on any atom is -0.395 e. The van der Waals surface area contributed by atoms with Crippen molar-refractivity contribution in [2.24, 2.45) is 0 Å². The predicted octanol–water partition coefficient (Wildman–Crippen LogP) is 1.91. The molecule has 1 N–H and O–H groups in total. The summed E-state index contributed by atoms with van der Waals surface area (Å²) in [6.07, 6.45) is 1.65. The van der Waals surface area contributed by atoms with E-state index in [-0.39, 0.29) is 12.5 Å². The van der Waals surface area contributed by atoms with E-state index in [1.807, 2.05) is 12.1 Å². The Morgan fingerprint density at radius 3 is 2.56 bits per heavy atom. The zero-order valence-electron chi connectivity index (χ0n) is 8.90. The molecular formula is C12H14INO2. The normalized spacial score (nSPS) is 9.88. The molecule has 0 radical (unpaired) electrons. The molecule has 0 bridgehead atoms. The van der Waals surface area contributed by atoms with E-state index in [4.69, 9.17) is 5.11 Å². The summed E-state index contributed by atoms with van der Waals surface area (Å²) in [7, 11) is 0. The van der Waals surface area contributed by atoms with Crippen molar-refractivity contribution in [3.63, 3.8) is 0 Å². The number of nitrogens with zero attached hydrogens (tertiary/aromatic N) is 1. The molecule has 0 aliphatic carbocycles. The summed E-state index contributed by atoms with van der Waals surface area (Å²) in [6.45, 7) is 4.34. The van der Waals surface area contributed by atoms with Gasteiger partial charge in [-0.15, -0.1) is 6.58 Å². The number of carbonyl (C=O) groups is 1. The van der Waals surface area contributed by atoms with E-state index in [2.05, 4.69) is 29.2 Å². The predicted molar refractivity (Wildman–Crippen MR) is 72.3 cm³/mol.